The molecule has 0 radical (unpaired) electrons. The number of nitrogens with zero attached hydrogens (tertiary/aromatic N) is 12. The molecule has 0 saturated heterocycles. The second kappa shape index (κ2) is 30.1. The SMILES string of the molecule is Cc1cc(NC(=O)c2ccc(Cl)cc2)n(-c2nc(C3CC3)cc(=O)[nH]2)n1.Cc1cc(NC(=O)c2ccccc2)n(-c2nc3c(c(=O)[nH]2)CCCC3)n1.Cc1cc(NC(=O)c2ccccc2F)n(-c2nc3c(c(=O)[nH]2)CCCC3)n1.Cc1cc(NC(=O)c2ccco2)n(-c2nc(C3CC3)cc(=O)[nH]2)n1. The van der Waals surface area contributed by atoms with Gasteiger partial charge in [-0.25, -0.2) is 24.3 Å². The third kappa shape index (κ3) is 16.5. The van der Waals surface area contributed by atoms with E-state index in [2.05, 4.69) is 81.5 Å². The summed E-state index contributed by atoms with van der Waals surface area (Å²) in [6.07, 6.45) is 12.6. The molecule has 29 nitrogen and oxygen atoms in total. The number of hydrogen-bond donors (Lipinski definition) is 8. The van der Waals surface area contributed by atoms with Crippen molar-refractivity contribution < 1.29 is 28.0 Å². The largest absolute Gasteiger partial charge is 0.459 e. The highest BCUT2D eigenvalue weighted by Gasteiger charge is 2.29. The number of nitrogens with one attached hydrogen (secondary N) is 8. The second-order valence-corrected chi connectivity index (χ2v) is 25.5. The van der Waals surface area contributed by atoms with Gasteiger partial charge in [-0.1, -0.05) is 41.9 Å². The van der Waals surface area contributed by atoms with Crippen molar-refractivity contribution in [1.82, 2.24) is 79.0 Å². The highest BCUT2D eigenvalue weighted by molar-refractivity contribution is 6.30. The standard InChI is InChI=1S/C19H18FN5O2.C19H19N5O2.C18H16ClN5O2.C16H15N5O3/c1-11-10-16(22-17(26)12-6-2-4-8-14(12)20)25(24-11)19-21-15-9-5-3-7-13(15)18(27)23-19;1-12-11-16(21-17(25)13-7-3-2-4-8-13)24(23-12)19-20-15-10-6-5-9-14(15)18(26)22-19;1-10-8-15(21-17(26)12-4-6-13(19)7-5-12)24(23-10)18-20-14(11-2-3-11)9-16(25)22-18;1-9-7-13(18-15(23)12-3-2-6-24-12)21(20-9)16-17-11(10-4-5-10)8-14(22)19-16/h2,4,6,8,10H,3,5,7,9H2,1H3,(H,22,26)(H,21,23,27);2-4,7-8,11H,5-6,9-10H2,1H3,(H,21,25)(H,20,22,26);4-9,11H,2-3H2,1H3,(H,21,26)(H,20,22,25);2-3,6-8,10H,4-5H2,1H3,(H,18,23)(H,17,19,22). The molecular formula is C72H68ClFN20O9. The van der Waals surface area contributed by atoms with Gasteiger partial charge in [0.25, 0.3) is 45.9 Å². The summed E-state index contributed by atoms with van der Waals surface area (Å²) in [4.78, 5) is 127. The number of H-pyrrole nitrogens is 4. The predicted octanol–water partition coefficient (Wildman–Crippen LogP) is 9.96. The zero-order valence-electron chi connectivity index (χ0n) is 56.1. The molecule has 524 valence electrons. The van der Waals surface area contributed by atoms with Crippen LogP contribution in [0.3, 0.4) is 0 Å². The monoisotopic (exact) mass is 1410 g/mol. The number of aromatic nitrogens is 16. The molecule has 0 aliphatic heterocycles. The van der Waals surface area contributed by atoms with Crippen LogP contribution in [0.4, 0.5) is 27.7 Å². The first-order chi connectivity index (χ1) is 49.7. The lowest BCUT2D eigenvalue weighted by atomic mass is 9.97. The van der Waals surface area contributed by atoms with Gasteiger partial charge in [0.15, 0.2) is 5.76 Å². The van der Waals surface area contributed by atoms with Crippen LogP contribution in [-0.4, -0.2) is 103 Å². The Labute approximate surface area is 589 Å². The highest BCUT2D eigenvalue weighted by Crippen LogP contribution is 2.39. The lowest BCUT2D eigenvalue weighted by Gasteiger charge is -2.15. The summed E-state index contributed by atoms with van der Waals surface area (Å²) >= 11 is 5.86. The fourth-order valence-corrected chi connectivity index (χ4v) is 11.8. The van der Waals surface area contributed by atoms with Gasteiger partial charge in [-0.3, -0.25) is 58.3 Å². The first kappa shape index (κ1) is 68.9. The Morgan fingerprint density at radius 2 is 0.854 bits per heavy atom. The van der Waals surface area contributed by atoms with Crippen LogP contribution in [0.5, 0.6) is 0 Å². The first-order valence-electron chi connectivity index (χ1n) is 33.3. The second-order valence-electron chi connectivity index (χ2n) is 25.1. The van der Waals surface area contributed by atoms with Crippen molar-refractivity contribution in [1.29, 1.82) is 0 Å². The van der Waals surface area contributed by atoms with E-state index in [0.717, 1.165) is 99.0 Å². The van der Waals surface area contributed by atoms with Crippen LogP contribution in [0, 0.1) is 33.5 Å². The number of fused-ring (bicyclic) bond motifs is 2. The van der Waals surface area contributed by atoms with Crippen molar-refractivity contribution in [3.05, 3.63) is 265 Å². The molecule has 2 fully saturated rings. The number of benzene rings is 3. The summed E-state index contributed by atoms with van der Waals surface area (Å²) in [6.45, 7) is 7.18. The third-order valence-electron chi connectivity index (χ3n) is 16.9. The van der Waals surface area contributed by atoms with Crippen LogP contribution < -0.4 is 43.5 Å². The van der Waals surface area contributed by atoms with Crippen LogP contribution in [0.1, 0.15) is 162 Å². The Balaban J connectivity index is 0.000000122. The molecule has 16 rings (SSSR count). The number of carbonyl (C=O) groups is 4. The molecule has 103 heavy (non-hydrogen) atoms. The van der Waals surface area contributed by atoms with Crippen LogP contribution in [0.25, 0.3) is 23.8 Å². The quantitative estimate of drug-likeness (QED) is 0.0501. The van der Waals surface area contributed by atoms with Crippen molar-refractivity contribution in [2.75, 3.05) is 21.3 Å². The maximum Gasteiger partial charge on any atom is 0.292 e. The van der Waals surface area contributed by atoms with E-state index in [4.69, 9.17) is 16.0 Å². The molecule has 0 spiro atoms. The van der Waals surface area contributed by atoms with Gasteiger partial charge in [-0.15, -0.1) is 0 Å². The van der Waals surface area contributed by atoms with Crippen LogP contribution in [0.15, 0.2) is 157 Å². The fraction of sp³-hybridized carbons (Fsp3) is 0.250. The summed E-state index contributed by atoms with van der Waals surface area (Å²) in [6, 6.07) is 34.3. The molecule has 4 aliphatic rings. The molecule has 12 aromatic rings. The summed E-state index contributed by atoms with van der Waals surface area (Å²) < 4.78 is 24.7. The number of furan rings is 1. The van der Waals surface area contributed by atoms with Crippen molar-refractivity contribution in [2.45, 2.75) is 117 Å². The lowest BCUT2D eigenvalue weighted by Crippen LogP contribution is -2.25. The lowest BCUT2D eigenvalue weighted by molar-refractivity contribution is 0.0992. The first-order valence-corrected chi connectivity index (χ1v) is 33.7. The van der Waals surface area contributed by atoms with Crippen molar-refractivity contribution in [2.24, 2.45) is 0 Å². The summed E-state index contributed by atoms with van der Waals surface area (Å²) in [7, 11) is 0. The van der Waals surface area contributed by atoms with E-state index < -0.39 is 17.6 Å². The molecule has 2 saturated carbocycles. The number of aromatic amines is 4. The van der Waals surface area contributed by atoms with E-state index in [-0.39, 0.29) is 57.3 Å². The predicted molar refractivity (Wildman–Crippen MR) is 379 cm³/mol. The van der Waals surface area contributed by atoms with E-state index in [0.29, 0.717) is 97.9 Å². The van der Waals surface area contributed by atoms with E-state index in [1.54, 1.807) is 112 Å². The van der Waals surface area contributed by atoms with Gasteiger partial charge in [0, 0.05) is 75.5 Å². The Kier molecular flexibility index (Phi) is 20.1. The molecule has 9 aromatic heterocycles. The zero-order chi connectivity index (χ0) is 72.0. The summed E-state index contributed by atoms with van der Waals surface area (Å²) in [5.74, 6) is 1.44. The van der Waals surface area contributed by atoms with Gasteiger partial charge in [0.05, 0.1) is 57.4 Å². The van der Waals surface area contributed by atoms with Crippen LogP contribution in [0.2, 0.25) is 5.02 Å². The number of anilines is 4. The number of hydrogen-bond acceptors (Lipinski definition) is 17. The molecular weight excluding hydrogens is 1340 g/mol. The van der Waals surface area contributed by atoms with E-state index in [1.165, 1.54) is 55.3 Å². The normalized spacial score (nSPS) is 13.5. The maximum atomic E-state index is 13.9. The molecule has 0 unspecified atom stereocenters. The zero-order valence-corrected chi connectivity index (χ0v) is 56.9. The van der Waals surface area contributed by atoms with Crippen molar-refractivity contribution in [3.63, 3.8) is 0 Å². The van der Waals surface area contributed by atoms with Gasteiger partial charge < -0.3 is 25.7 Å². The topological polar surface area (TPSA) is 384 Å². The van der Waals surface area contributed by atoms with E-state index >= 15 is 0 Å². The number of halogens is 2. The van der Waals surface area contributed by atoms with Crippen molar-refractivity contribution >= 4 is 58.5 Å². The van der Waals surface area contributed by atoms with Crippen molar-refractivity contribution in [3.8, 4) is 23.8 Å². The number of rotatable bonds is 14. The van der Waals surface area contributed by atoms with Crippen LogP contribution >= 0.6 is 11.6 Å². The molecule has 9 heterocycles. The Morgan fingerprint density at radius 1 is 0.456 bits per heavy atom. The number of carbonyl (C=O) groups excluding carboxylic acids is 4. The minimum Gasteiger partial charge on any atom is -0.459 e. The highest BCUT2D eigenvalue weighted by atomic mass is 35.5. The minimum absolute atomic E-state index is 0.0743. The average molecular weight is 1410 g/mol. The summed E-state index contributed by atoms with van der Waals surface area (Å²) in [5.41, 5.74) is 7.44. The van der Waals surface area contributed by atoms with Crippen LogP contribution in [-0.2, 0) is 25.7 Å². The van der Waals surface area contributed by atoms with Gasteiger partial charge >= 0.3 is 0 Å². The average Bonchev–Trinajstić information content (AvgIpc) is 1.77. The van der Waals surface area contributed by atoms with Gasteiger partial charge in [0.2, 0.25) is 23.8 Å². The molecule has 31 heteroatoms. The fourth-order valence-electron chi connectivity index (χ4n) is 11.7. The molecule has 0 bridgehead atoms. The molecule has 8 N–H and O–H groups in total. The molecule has 4 aliphatic carbocycles. The van der Waals surface area contributed by atoms with E-state index in [9.17, 15) is 42.7 Å². The molecule has 3 aromatic carbocycles. The number of aryl methyl sites for hydroxylation is 6. The Hall–Kier alpha value is -12.6. The third-order valence-corrected chi connectivity index (χ3v) is 17.2. The smallest absolute Gasteiger partial charge is 0.292 e. The Morgan fingerprint density at radius 3 is 1.28 bits per heavy atom. The maximum absolute atomic E-state index is 13.9. The summed E-state index contributed by atoms with van der Waals surface area (Å²) in [5, 5.41) is 28.9. The number of amides is 4. The molecule has 4 amide bonds. The Bertz CT molecular complexity index is 5430. The molecule has 0 atom stereocenters. The van der Waals surface area contributed by atoms with Gasteiger partial charge in [-0.2, -0.15) is 39.1 Å². The van der Waals surface area contributed by atoms with Gasteiger partial charge in [-0.05, 0) is 165 Å². The van der Waals surface area contributed by atoms with Gasteiger partial charge in [0.1, 0.15) is 29.1 Å². The minimum atomic E-state index is -0.613. The van der Waals surface area contributed by atoms with E-state index in [1.807, 2.05) is 13.0 Å².